The van der Waals surface area contributed by atoms with Gasteiger partial charge < -0.3 is 9.80 Å². The van der Waals surface area contributed by atoms with Crippen molar-refractivity contribution in [3.05, 3.63) is 35.4 Å². The summed E-state index contributed by atoms with van der Waals surface area (Å²) in [6, 6.07) is 6.72. The Morgan fingerprint density at radius 1 is 1.12 bits per heavy atom. The van der Waals surface area contributed by atoms with E-state index < -0.39 is 16.1 Å². The first kappa shape index (κ1) is 20.9. The molecule has 1 N–H and O–H groups in total. The average molecular weight is 382 g/mol. The minimum Gasteiger partial charge on any atom is -0.339 e. The molecule has 1 amide bonds. The fourth-order valence-corrected chi connectivity index (χ4v) is 4.43. The highest BCUT2D eigenvalue weighted by atomic mass is 32.2. The molecule has 0 saturated carbocycles. The molecule has 1 saturated heterocycles. The van der Waals surface area contributed by atoms with Crippen molar-refractivity contribution in [2.75, 3.05) is 33.2 Å². The van der Waals surface area contributed by atoms with Crippen LogP contribution in [0, 0.1) is 12.8 Å². The lowest BCUT2D eigenvalue weighted by Crippen LogP contribution is -2.54. The smallest absolute Gasteiger partial charge is 0.240 e. The van der Waals surface area contributed by atoms with E-state index in [1.165, 1.54) is 0 Å². The first-order valence-electron chi connectivity index (χ1n) is 9.19. The number of amides is 1. The first-order chi connectivity index (χ1) is 12.2. The number of benzene rings is 1. The molecule has 1 aromatic rings. The molecule has 0 spiro atoms. The third-order valence-corrected chi connectivity index (χ3v) is 5.98. The molecular formula is C19H31N3O3S. The maximum absolute atomic E-state index is 12.9. The molecular weight excluding hydrogens is 350 g/mol. The summed E-state index contributed by atoms with van der Waals surface area (Å²) in [7, 11) is -1.57. The summed E-state index contributed by atoms with van der Waals surface area (Å²) < 4.78 is 27.9. The predicted molar refractivity (Wildman–Crippen MR) is 104 cm³/mol. The van der Waals surface area contributed by atoms with Crippen molar-refractivity contribution in [1.29, 1.82) is 0 Å². The maximum Gasteiger partial charge on any atom is 0.240 e. The zero-order valence-corrected chi connectivity index (χ0v) is 17.1. The summed E-state index contributed by atoms with van der Waals surface area (Å²) in [5.41, 5.74) is 1.81. The van der Waals surface area contributed by atoms with E-state index in [0.717, 1.165) is 24.2 Å². The number of sulfonamides is 1. The van der Waals surface area contributed by atoms with E-state index in [-0.39, 0.29) is 17.6 Å². The Morgan fingerprint density at radius 3 is 2.23 bits per heavy atom. The van der Waals surface area contributed by atoms with Crippen molar-refractivity contribution in [1.82, 2.24) is 14.5 Å². The van der Waals surface area contributed by atoms with Crippen LogP contribution in [-0.4, -0.2) is 63.4 Å². The van der Waals surface area contributed by atoms with Gasteiger partial charge in [0.1, 0.15) is 6.04 Å². The summed E-state index contributed by atoms with van der Waals surface area (Å²) in [4.78, 5) is 16.8. The van der Waals surface area contributed by atoms with Crippen LogP contribution in [0.3, 0.4) is 0 Å². The maximum atomic E-state index is 12.9. The number of carbonyl (C=O) groups is 1. The van der Waals surface area contributed by atoms with Crippen molar-refractivity contribution in [2.45, 2.75) is 39.0 Å². The number of nitrogens with zero attached hydrogens (tertiary/aromatic N) is 2. The third-order valence-electron chi connectivity index (χ3n) is 4.62. The fourth-order valence-electron chi connectivity index (χ4n) is 3.08. The van der Waals surface area contributed by atoms with E-state index in [1.54, 1.807) is 4.90 Å². The Hall–Kier alpha value is -1.44. The summed E-state index contributed by atoms with van der Waals surface area (Å²) in [6.07, 6.45) is 0.498. The topological polar surface area (TPSA) is 69.7 Å². The summed E-state index contributed by atoms with van der Waals surface area (Å²) >= 11 is 0. The Labute approximate surface area is 157 Å². The van der Waals surface area contributed by atoms with Crippen LogP contribution >= 0.6 is 0 Å². The highest BCUT2D eigenvalue weighted by Crippen LogP contribution is 2.13. The molecule has 0 aliphatic carbocycles. The second-order valence-corrected chi connectivity index (χ2v) is 9.43. The molecule has 2 rings (SSSR count). The van der Waals surface area contributed by atoms with Gasteiger partial charge in [-0.1, -0.05) is 43.7 Å². The van der Waals surface area contributed by atoms with Crippen molar-refractivity contribution in [3.63, 3.8) is 0 Å². The van der Waals surface area contributed by atoms with Gasteiger partial charge in [-0.05, 0) is 31.9 Å². The molecule has 6 nitrogen and oxygen atoms in total. The number of piperazine rings is 1. The van der Waals surface area contributed by atoms with Crippen LogP contribution in [0.15, 0.2) is 24.3 Å². The molecule has 1 aliphatic heterocycles. The van der Waals surface area contributed by atoms with Gasteiger partial charge in [-0.2, -0.15) is 0 Å². The molecule has 1 heterocycles. The molecule has 0 aromatic heterocycles. The fraction of sp³-hybridized carbons (Fsp3) is 0.632. The second kappa shape index (κ2) is 8.97. The zero-order valence-electron chi connectivity index (χ0n) is 16.2. The Bertz CT molecular complexity index is 693. The quantitative estimate of drug-likeness (QED) is 0.779. The molecule has 0 bridgehead atoms. The van der Waals surface area contributed by atoms with Gasteiger partial charge in [-0.15, -0.1) is 0 Å². The lowest BCUT2D eigenvalue weighted by Gasteiger charge is -2.35. The standard InChI is InChI=1S/C19H31N3O3S/c1-15(2)13-18(19(23)22-11-9-21(4)10-12-22)20-26(24,25)14-17-7-5-16(3)6-8-17/h5-8,15,18,20H,9-14H2,1-4H3/t18-/m0/s1. The van der Waals surface area contributed by atoms with Crippen molar-refractivity contribution >= 4 is 15.9 Å². The molecule has 0 unspecified atom stereocenters. The molecule has 7 heteroatoms. The minimum absolute atomic E-state index is 0.112. The summed E-state index contributed by atoms with van der Waals surface area (Å²) in [6.45, 7) is 8.88. The Balaban J connectivity index is 2.07. The van der Waals surface area contributed by atoms with E-state index in [0.29, 0.717) is 19.5 Å². The zero-order chi connectivity index (χ0) is 19.3. The molecule has 1 aromatic carbocycles. The van der Waals surface area contributed by atoms with E-state index in [4.69, 9.17) is 0 Å². The molecule has 1 atom stereocenters. The lowest BCUT2D eigenvalue weighted by molar-refractivity contribution is -0.135. The number of rotatable bonds is 7. The second-order valence-electron chi connectivity index (χ2n) is 7.67. The van der Waals surface area contributed by atoms with Gasteiger partial charge in [0.25, 0.3) is 0 Å². The largest absolute Gasteiger partial charge is 0.339 e. The summed E-state index contributed by atoms with van der Waals surface area (Å²) in [5.74, 6) is -0.00415. The predicted octanol–water partition coefficient (Wildman–Crippen LogP) is 1.60. The van der Waals surface area contributed by atoms with Gasteiger partial charge in [-0.25, -0.2) is 13.1 Å². The Kier molecular flexibility index (Phi) is 7.20. The highest BCUT2D eigenvalue weighted by molar-refractivity contribution is 7.88. The number of carbonyl (C=O) groups excluding carboxylic acids is 1. The number of nitrogens with one attached hydrogen (secondary N) is 1. The monoisotopic (exact) mass is 381 g/mol. The molecule has 1 aliphatic rings. The highest BCUT2D eigenvalue weighted by Gasteiger charge is 2.30. The summed E-state index contributed by atoms with van der Waals surface area (Å²) in [5, 5.41) is 0. The first-order valence-corrected chi connectivity index (χ1v) is 10.8. The van der Waals surface area contributed by atoms with Gasteiger partial charge in [0.15, 0.2) is 0 Å². The van der Waals surface area contributed by atoms with Gasteiger partial charge in [0.2, 0.25) is 15.9 Å². The van der Waals surface area contributed by atoms with Gasteiger partial charge >= 0.3 is 0 Å². The average Bonchev–Trinajstić information content (AvgIpc) is 2.55. The van der Waals surface area contributed by atoms with Crippen LogP contribution in [0.5, 0.6) is 0 Å². The lowest BCUT2D eigenvalue weighted by atomic mass is 10.0. The van der Waals surface area contributed by atoms with E-state index in [9.17, 15) is 13.2 Å². The van der Waals surface area contributed by atoms with Crippen LogP contribution in [0.25, 0.3) is 0 Å². The molecule has 146 valence electrons. The molecule has 0 radical (unpaired) electrons. The van der Waals surface area contributed by atoms with Crippen LogP contribution in [-0.2, 0) is 20.6 Å². The van der Waals surface area contributed by atoms with Gasteiger partial charge in [0.05, 0.1) is 5.75 Å². The molecule has 26 heavy (non-hydrogen) atoms. The van der Waals surface area contributed by atoms with Gasteiger partial charge in [-0.3, -0.25) is 4.79 Å². The number of aryl methyl sites for hydroxylation is 1. The minimum atomic E-state index is -3.59. The van der Waals surface area contributed by atoms with E-state index in [1.807, 2.05) is 52.1 Å². The van der Waals surface area contributed by atoms with Crippen LogP contribution in [0.4, 0.5) is 0 Å². The number of likely N-dealkylation sites (N-methyl/N-ethyl adjacent to an activating group) is 1. The van der Waals surface area contributed by atoms with Crippen LogP contribution < -0.4 is 4.72 Å². The number of hydrogen-bond acceptors (Lipinski definition) is 4. The van der Waals surface area contributed by atoms with E-state index >= 15 is 0 Å². The van der Waals surface area contributed by atoms with Gasteiger partial charge in [0, 0.05) is 26.2 Å². The van der Waals surface area contributed by atoms with Crippen LogP contribution in [0.2, 0.25) is 0 Å². The Morgan fingerprint density at radius 2 is 1.69 bits per heavy atom. The van der Waals surface area contributed by atoms with E-state index in [2.05, 4.69) is 9.62 Å². The SMILES string of the molecule is Cc1ccc(CS(=O)(=O)N[C@@H](CC(C)C)C(=O)N2CCN(C)CC2)cc1. The van der Waals surface area contributed by atoms with Crippen LogP contribution in [0.1, 0.15) is 31.4 Å². The van der Waals surface area contributed by atoms with Crippen molar-refractivity contribution < 1.29 is 13.2 Å². The third kappa shape index (κ3) is 6.37. The molecule has 1 fully saturated rings. The normalized spacial score (nSPS) is 17.5. The van der Waals surface area contributed by atoms with Crippen molar-refractivity contribution in [2.24, 2.45) is 5.92 Å². The number of hydrogen-bond donors (Lipinski definition) is 1. The van der Waals surface area contributed by atoms with Crippen molar-refractivity contribution in [3.8, 4) is 0 Å².